The second-order valence-corrected chi connectivity index (χ2v) is 9.42. The van der Waals surface area contributed by atoms with E-state index >= 15 is 4.39 Å². The number of hydrogen-bond acceptors (Lipinski definition) is 6. The Bertz CT molecular complexity index is 1790. The molecule has 0 unspecified atom stereocenters. The summed E-state index contributed by atoms with van der Waals surface area (Å²) in [6.07, 6.45) is 6.91. The number of aromatic nitrogens is 7. The molecule has 0 spiro atoms. The summed E-state index contributed by atoms with van der Waals surface area (Å²) >= 11 is 0. The fraction of sp³-hybridized carbons (Fsp3) is 0.143. The number of carbonyl (C=O) groups is 1. The van der Waals surface area contributed by atoms with Crippen molar-refractivity contribution in [1.29, 1.82) is 0 Å². The third kappa shape index (κ3) is 4.36. The third-order valence-electron chi connectivity index (χ3n) is 6.13. The van der Waals surface area contributed by atoms with Gasteiger partial charge in [-0.25, -0.2) is 14.4 Å². The molecule has 0 bridgehead atoms. The first kappa shape index (κ1) is 23.4. The van der Waals surface area contributed by atoms with E-state index in [0.717, 1.165) is 16.8 Å². The first-order valence-electron chi connectivity index (χ1n) is 12.2. The topological polar surface area (TPSA) is 125 Å². The normalized spacial score (nSPS) is 11.5. The monoisotopic (exact) mass is 506 g/mol. The third-order valence-corrected chi connectivity index (χ3v) is 6.13. The number of imidazole rings is 1. The van der Waals surface area contributed by atoms with Crippen LogP contribution in [0.2, 0.25) is 0 Å². The molecule has 0 radical (unpaired) electrons. The lowest BCUT2D eigenvalue weighted by Gasteiger charge is -2.09. The van der Waals surface area contributed by atoms with Crippen LogP contribution in [0.1, 0.15) is 20.3 Å². The molecule has 5 heterocycles. The number of rotatable bonds is 6. The Balaban J connectivity index is 1.41. The van der Waals surface area contributed by atoms with Crippen molar-refractivity contribution in [3.05, 3.63) is 73.1 Å². The van der Waals surface area contributed by atoms with Gasteiger partial charge in [0.05, 0.1) is 28.6 Å². The molecule has 9 nitrogen and oxygen atoms in total. The first-order valence-corrected chi connectivity index (χ1v) is 12.2. The summed E-state index contributed by atoms with van der Waals surface area (Å²) in [5.74, 6) is 0.158. The SMILES string of the molecule is CC(C)CC(=O)Nc1cncc(-c2cc3c(-c4nc5nccc(-c6ccccn6)c5[nH]4)n[nH]c3cc2F)c1. The highest BCUT2D eigenvalue weighted by atomic mass is 19.1. The van der Waals surface area contributed by atoms with Crippen molar-refractivity contribution < 1.29 is 9.18 Å². The Labute approximate surface area is 216 Å². The van der Waals surface area contributed by atoms with Crippen molar-refractivity contribution in [2.75, 3.05) is 5.32 Å². The maximum atomic E-state index is 15.2. The molecule has 1 amide bonds. The van der Waals surface area contributed by atoms with Gasteiger partial charge in [-0.05, 0) is 36.2 Å². The number of nitrogens with zero attached hydrogens (tertiary/aromatic N) is 5. The van der Waals surface area contributed by atoms with Gasteiger partial charge >= 0.3 is 0 Å². The van der Waals surface area contributed by atoms with E-state index in [9.17, 15) is 4.79 Å². The maximum absolute atomic E-state index is 15.2. The second-order valence-electron chi connectivity index (χ2n) is 9.42. The van der Waals surface area contributed by atoms with Crippen molar-refractivity contribution >= 4 is 33.7 Å². The van der Waals surface area contributed by atoms with Crippen molar-refractivity contribution in [3.8, 4) is 33.9 Å². The number of pyridine rings is 3. The Hall–Kier alpha value is -4.99. The molecule has 0 atom stereocenters. The number of anilines is 1. The molecule has 0 saturated heterocycles. The number of benzene rings is 1. The predicted octanol–water partition coefficient (Wildman–Crippen LogP) is 5.75. The van der Waals surface area contributed by atoms with Crippen LogP contribution >= 0.6 is 0 Å². The predicted molar refractivity (Wildman–Crippen MR) is 143 cm³/mol. The Morgan fingerprint density at radius 1 is 1.05 bits per heavy atom. The molecule has 5 aromatic heterocycles. The molecule has 0 aliphatic heterocycles. The smallest absolute Gasteiger partial charge is 0.224 e. The molecule has 0 aliphatic rings. The summed E-state index contributed by atoms with van der Waals surface area (Å²) in [5.41, 5.74) is 5.32. The lowest BCUT2D eigenvalue weighted by atomic mass is 10.0. The van der Waals surface area contributed by atoms with Gasteiger partial charge in [-0.2, -0.15) is 5.10 Å². The lowest BCUT2D eigenvalue weighted by molar-refractivity contribution is -0.116. The molecule has 0 fully saturated rings. The van der Waals surface area contributed by atoms with Crippen LogP contribution in [0, 0.1) is 11.7 Å². The number of fused-ring (bicyclic) bond motifs is 2. The van der Waals surface area contributed by atoms with Crippen molar-refractivity contribution in [2.45, 2.75) is 20.3 Å². The van der Waals surface area contributed by atoms with Crippen LogP contribution in [-0.4, -0.2) is 41.0 Å². The highest BCUT2D eigenvalue weighted by molar-refractivity contribution is 5.97. The minimum atomic E-state index is -0.441. The largest absolute Gasteiger partial charge is 0.335 e. The zero-order chi connectivity index (χ0) is 26.2. The van der Waals surface area contributed by atoms with E-state index in [1.54, 1.807) is 36.9 Å². The van der Waals surface area contributed by atoms with Crippen LogP contribution in [0.25, 0.3) is 56.0 Å². The van der Waals surface area contributed by atoms with E-state index in [1.807, 2.05) is 38.1 Å². The van der Waals surface area contributed by atoms with Crippen molar-refractivity contribution in [1.82, 2.24) is 35.1 Å². The number of amides is 1. The number of H-pyrrole nitrogens is 2. The summed E-state index contributed by atoms with van der Waals surface area (Å²) in [4.78, 5) is 33.3. The molecular weight excluding hydrogens is 483 g/mol. The molecular formula is C28H23FN8O. The van der Waals surface area contributed by atoms with Gasteiger partial charge in [-0.1, -0.05) is 19.9 Å². The summed E-state index contributed by atoms with van der Waals surface area (Å²) < 4.78 is 15.2. The van der Waals surface area contributed by atoms with Crippen molar-refractivity contribution in [2.24, 2.45) is 5.92 Å². The molecule has 0 aliphatic carbocycles. The molecule has 10 heteroatoms. The van der Waals surface area contributed by atoms with E-state index in [-0.39, 0.29) is 11.8 Å². The second kappa shape index (κ2) is 9.47. The van der Waals surface area contributed by atoms with Gasteiger partial charge in [-0.3, -0.25) is 19.9 Å². The molecule has 188 valence electrons. The zero-order valence-corrected chi connectivity index (χ0v) is 20.7. The average Bonchev–Trinajstić information content (AvgIpc) is 3.52. The van der Waals surface area contributed by atoms with Crippen LogP contribution in [0.15, 0.2) is 67.3 Å². The molecule has 3 N–H and O–H groups in total. The number of halogens is 1. The number of hydrogen-bond donors (Lipinski definition) is 3. The lowest BCUT2D eigenvalue weighted by Crippen LogP contribution is -2.14. The van der Waals surface area contributed by atoms with E-state index < -0.39 is 5.82 Å². The van der Waals surface area contributed by atoms with Crippen LogP contribution in [0.4, 0.5) is 10.1 Å². The summed E-state index contributed by atoms with van der Waals surface area (Å²) in [6.45, 7) is 3.94. The summed E-state index contributed by atoms with van der Waals surface area (Å²) in [7, 11) is 0. The molecule has 6 aromatic rings. The Kier molecular flexibility index (Phi) is 5.83. The quantitative estimate of drug-likeness (QED) is 0.264. The molecule has 0 saturated carbocycles. The van der Waals surface area contributed by atoms with E-state index in [4.69, 9.17) is 0 Å². The molecule has 1 aromatic carbocycles. The number of nitrogens with one attached hydrogen (secondary N) is 3. The van der Waals surface area contributed by atoms with Crippen LogP contribution < -0.4 is 5.32 Å². The van der Waals surface area contributed by atoms with Gasteiger partial charge < -0.3 is 10.3 Å². The fourth-order valence-electron chi connectivity index (χ4n) is 4.44. The fourth-order valence-corrected chi connectivity index (χ4v) is 4.44. The highest BCUT2D eigenvalue weighted by Gasteiger charge is 2.19. The zero-order valence-electron chi connectivity index (χ0n) is 20.7. The molecule has 6 rings (SSSR count). The summed E-state index contributed by atoms with van der Waals surface area (Å²) in [6, 6.07) is 12.4. The van der Waals surface area contributed by atoms with Gasteiger partial charge in [0.2, 0.25) is 5.91 Å². The Morgan fingerprint density at radius 3 is 2.76 bits per heavy atom. The standard InChI is InChI=1S/C28H23FN8O/c1-15(2)9-24(38)33-17-10-16(13-30-14-17)19-11-20-23(12-21(19)29)36-37-26(20)28-34-25-18(6-8-32-27(25)35-28)22-5-3-4-7-31-22/h3-8,10-15H,9H2,1-2H3,(H,33,38)(H,36,37)(H,32,34,35). The minimum Gasteiger partial charge on any atom is -0.335 e. The summed E-state index contributed by atoms with van der Waals surface area (Å²) in [5, 5.41) is 10.8. The van der Waals surface area contributed by atoms with E-state index in [0.29, 0.717) is 51.3 Å². The Morgan fingerprint density at radius 2 is 1.95 bits per heavy atom. The van der Waals surface area contributed by atoms with Crippen LogP contribution in [0.5, 0.6) is 0 Å². The van der Waals surface area contributed by atoms with Gasteiger partial charge in [0.1, 0.15) is 11.5 Å². The minimum absolute atomic E-state index is 0.115. The first-order chi connectivity index (χ1) is 18.5. The van der Waals surface area contributed by atoms with Gasteiger partial charge in [0, 0.05) is 53.2 Å². The van der Waals surface area contributed by atoms with E-state index in [1.165, 1.54) is 6.07 Å². The number of carbonyl (C=O) groups excluding carboxylic acids is 1. The van der Waals surface area contributed by atoms with E-state index in [2.05, 4.69) is 40.4 Å². The van der Waals surface area contributed by atoms with Gasteiger partial charge in [0.15, 0.2) is 11.5 Å². The van der Waals surface area contributed by atoms with Crippen LogP contribution in [0.3, 0.4) is 0 Å². The van der Waals surface area contributed by atoms with Crippen LogP contribution in [-0.2, 0) is 4.79 Å². The van der Waals surface area contributed by atoms with Gasteiger partial charge in [-0.15, -0.1) is 0 Å². The average molecular weight is 507 g/mol. The maximum Gasteiger partial charge on any atom is 0.224 e. The van der Waals surface area contributed by atoms with Gasteiger partial charge in [0.25, 0.3) is 0 Å². The highest BCUT2D eigenvalue weighted by Crippen LogP contribution is 2.34. The molecule has 38 heavy (non-hydrogen) atoms. The number of aromatic amines is 2. The van der Waals surface area contributed by atoms with Crippen molar-refractivity contribution in [3.63, 3.8) is 0 Å².